The van der Waals surface area contributed by atoms with Crippen LogP contribution in [0.3, 0.4) is 0 Å². The Balaban J connectivity index is 1.62. The van der Waals surface area contributed by atoms with Crippen LogP contribution in [0.4, 0.5) is 36.4 Å². The number of hydrogen-bond donors (Lipinski definition) is 3. The Labute approximate surface area is 176 Å². The van der Waals surface area contributed by atoms with Crippen molar-refractivity contribution in [2.75, 3.05) is 34.4 Å². The molecule has 8 nitrogen and oxygen atoms in total. The molecule has 164 valence electrons. The third-order valence-corrected chi connectivity index (χ3v) is 5.37. The fraction of sp³-hybridized carbons (Fsp3) is 0.400. The number of nitrogens with two attached hydrogens (primary N) is 1. The molecule has 2 aliphatic heterocycles. The fourth-order valence-electron chi connectivity index (χ4n) is 3.85. The predicted molar refractivity (Wildman–Crippen MR) is 109 cm³/mol. The molecule has 0 bridgehead atoms. The summed E-state index contributed by atoms with van der Waals surface area (Å²) in [5.74, 6) is -1.50. The second kappa shape index (κ2) is 8.05. The molecule has 11 heteroatoms. The van der Waals surface area contributed by atoms with Crippen molar-refractivity contribution in [2.45, 2.75) is 37.8 Å². The highest BCUT2D eigenvalue weighted by Crippen LogP contribution is 2.37. The number of benzene rings is 1. The van der Waals surface area contributed by atoms with Crippen molar-refractivity contribution in [1.82, 2.24) is 9.97 Å². The first-order chi connectivity index (χ1) is 14.7. The highest BCUT2D eigenvalue weighted by Gasteiger charge is 2.36. The van der Waals surface area contributed by atoms with E-state index in [1.807, 2.05) is 4.90 Å². The van der Waals surface area contributed by atoms with Gasteiger partial charge in [-0.05, 0) is 37.5 Å². The van der Waals surface area contributed by atoms with Crippen molar-refractivity contribution in [3.05, 3.63) is 35.4 Å². The largest absolute Gasteiger partial charge is 0.416 e. The van der Waals surface area contributed by atoms with Crippen molar-refractivity contribution in [1.29, 1.82) is 0 Å². The number of piperidine rings is 1. The zero-order chi connectivity index (χ0) is 22.2. The van der Waals surface area contributed by atoms with Gasteiger partial charge in [0.25, 0.3) is 0 Å². The maximum Gasteiger partial charge on any atom is 0.416 e. The highest BCUT2D eigenvalue weighted by atomic mass is 19.4. The zero-order valence-electron chi connectivity index (χ0n) is 16.5. The molecular formula is C20H21F3N6O2. The lowest BCUT2D eigenvalue weighted by Crippen LogP contribution is -2.35. The first kappa shape index (κ1) is 20.9. The summed E-state index contributed by atoms with van der Waals surface area (Å²) in [6, 6.07) is 4.28. The Morgan fingerprint density at radius 2 is 1.94 bits per heavy atom. The number of anilines is 4. The molecule has 1 atom stereocenters. The van der Waals surface area contributed by atoms with E-state index in [9.17, 15) is 22.8 Å². The average molecular weight is 434 g/mol. The molecular weight excluding hydrogens is 413 g/mol. The van der Waals surface area contributed by atoms with Crippen LogP contribution < -0.4 is 21.3 Å². The summed E-state index contributed by atoms with van der Waals surface area (Å²) in [5, 5.41) is 5.08. The van der Waals surface area contributed by atoms with Crippen LogP contribution in [0.5, 0.6) is 0 Å². The van der Waals surface area contributed by atoms with Crippen LogP contribution in [-0.2, 0) is 15.8 Å². The minimum atomic E-state index is -4.54. The molecule has 2 aliphatic rings. The van der Waals surface area contributed by atoms with Crippen LogP contribution in [-0.4, -0.2) is 34.9 Å². The van der Waals surface area contributed by atoms with Crippen LogP contribution in [0.1, 0.15) is 42.7 Å². The minimum absolute atomic E-state index is 0.0308. The summed E-state index contributed by atoms with van der Waals surface area (Å²) in [6.45, 7) is 1.54. The van der Waals surface area contributed by atoms with Gasteiger partial charge in [0.05, 0.1) is 17.0 Å². The van der Waals surface area contributed by atoms with Crippen molar-refractivity contribution in [3.63, 3.8) is 0 Å². The lowest BCUT2D eigenvalue weighted by atomic mass is 9.91. The number of hydrogen-bond acceptors (Lipinski definition) is 6. The molecule has 1 aromatic carbocycles. The normalized spacial score (nSPS) is 18.9. The molecule has 4 rings (SSSR count). The van der Waals surface area contributed by atoms with Crippen LogP contribution in [0.2, 0.25) is 0 Å². The van der Waals surface area contributed by atoms with Crippen molar-refractivity contribution in [3.8, 4) is 0 Å². The number of fused-ring (bicyclic) bond motifs is 1. The molecule has 0 aliphatic carbocycles. The van der Waals surface area contributed by atoms with Gasteiger partial charge >= 0.3 is 6.18 Å². The molecule has 0 spiro atoms. The van der Waals surface area contributed by atoms with Gasteiger partial charge in [0.15, 0.2) is 0 Å². The summed E-state index contributed by atoms with van der Waals surface area (Å²) >= 11 is 0. The van der Waals surface area contributed by atoms with Gasteiger partial charge in [-0.25, -0.2) is 0 Å². The minimum Gasteiger partial charge on any atom is -0.383 e. The summed E-state index contributed by atoms with van der Waals surface area (Å²) in [6.07, 6.45) is -1.65. The second-order valence-electron chi connectivity index (χ2n) is 7.59. The fourth-order valence-corrected chi connectivity index (χ4v) is 3.85. The average Bonchev–Trinajstić information content (AvgIpc) is 2.73. The number of nitrogens with one attached hydrogen (secondary N) is 2. The summed E-state index contributed by atoms with van der Waals surface area (Å²) in [7, 11) is 0. The standard InChI is InChI=1S/C20H21F3N6O2/c21-20(22,23)11-5-4-6-12(9-11)25-18(31)13-10-14(30)26-17-15(13)16(24)27-19(28-17)29-7-2-1-3-8-29/h4-6,9,13H,1-3,7-8,10H2,(H,25,31)(H3,24,26,27,28,30). The SMILES string of the molecule is Nc1nc(N2CCCCC2)nc2c1C(C(=O)Nc1cccc(C(F)(F)F)c1)CC(=O)N2. The number of rotatable bonds is 3. The molecule has 1 unspecified atom stereocenters. The van der Waals surface area contributed by atoms with Gasteiger partial charge in [0.1, 0.15) is 11.6 Å². The van der Waals surface area contributed by atoms with Crippen LogP contribution in [0.25, 0.3) is 0 Å². The van der Waals surface area contributed by atoms with Gasteiger partial charge in [-0.15, -0.1) is 0 Å². The number of halogens is 3. The second-order valence-corrected chi connectivity index (χ2v) is 7.59. The van der Waals surface area contributed by atoms with E-state index >= 15 is 0 Å². The highest BCUT2D eigenvalue weighted by molar-refractivity contribution is 6.05. The van der Waals surface area contributed by atoms with Gasteiger partial charge in [-0.2, -0.15) is 23.1 Å². The smallest absolute Gasteiger partial charge is 0.383 e. The van der Waals surface area contributed by atoms with Gasteiger partial charge in [0, 0.05) is 25.2 Å². The lowest BCUT2D eigenvalue weighted by Gasteiger charge is -2.30. The molecule has 2 amide bonds. The van der Waals surface area contributed by atoms with Crippen LogP contribution in [0.15, 0.2) is 24.3 Å². The number of nitrogens with zero attached hydrogens (tertiary/aromatic N) is 3. The quantitative estimate of drug-likeness (QED) is 0.684. The van der Waals surface area contributed by atoms with E-state index in [1.54, 1.807) is 0 Å². The van der Waals surface area contributed by atoms with Gasteiger partial charge in [-0.1, -0.05) is 6.07 Å². The van der Waals surface area contributed by atoms with E-state index in [0.717, 1.165) is 44.5 Å². The Kier molecular flexibility index (Phi) is 5.42. The van der Waals surface area contributed by atoms with Crippen LogP contribution in [0, 0.1) is 0 Å². The van der Waals surface area contributed by atoms with Crippen molar-refractivity contribution >= 4 is 35.1 Å². The molecule has 0 saturated carbocycles. The Morgan fingerprint density at radius 1 is 1.19 bits per heavy atom. The van der Waals surface area contributed by atoms with E-state index in [0.29, 0.717) is 5.95 Å². The Hall–Kier alpha value is -3.37. The number of nitrogen functional groups attached to an aromatic ring is 1. The Bertz CT molecular complexity index is 1020. The zero-order valence-corrected chi connectivity index (χ0v) is 16.5. The number of aromatic nitrogens is 2. The molecule has 1 aromatic heterocycles. The maximum absolute atomic E-state index is 12.9. The third-order valence-electron chi connectivity index (χ3n) is 5.37. The number of amides is 2. The number of carbonyl (C=O) groups excluding carboxylic acids is 2. The molecule has 1 saturated heterocycles. The van der Waals surface area contributed by atoms with Gasteiger partial charge in [0.2, 0.25) is 17.8 Å². The van der Waals surface area contributed by atoms with E-state index in [1.165, 1.54) is 12.1 Å². The van der Waals surface area contributed by atoms with E-state index in [4.69, 9.17) is 5.73 Å². The first-order valence-electron chi connectivity index (χ1n) is 9.92. The lowest BCUT2D eigenvalue weighted by molar-refractivity contribution is -0.137. The van der Waals surface area contributed by atoms with Crippen molar-refractivity contribution in [2.24, 2.45) is 0 Å². The molecule has 1 fully saturated rings. The first-order valence-corrected chi connectivity index (χ1v) is 9.92. The van der Waals surface area contributed by atoms with Crippen molar-refractivity contribution < 1.29 is 22.8 Å². The van der Waals surface area contributed by atoms with Gasteiger partial charge < -0.3 is 21.3 Å². The topological polar surface area (TPSA) is 113 Å². The van der Waals surface area contributed by atoms with E-state index in [2.05, 4.69) is 20.6 Å². The summed E-state index contributed by atoms with van der Waals surface area (Å²) in [5.41, 5.74) is 5.49. The maximum atomic E-state index is 12.9. The van der Waals surface area contributed by atoms with Crippen LogP contribution >= 0.6 is 0 Å². The molecule has 31 heavy (non-hydrogen) atoms. The number of carbonyl (C=O) groups is 2. The van der Waals surface area contributed by atoms with Gasteiger partial charge in [-0.3, -0.25) is 9.59 Å². The molecule has 3 heterocycles. The predicted octanol–water partition coefficient (Wildman–Crippen LogP) is 3.13. The third kappa shape index (κ3) is 4.39. The van der Waals surface area contributed by atoms with E-state index < -0.39 is 29.5 Å². The molecule has 2 aromatic rings. The molecule has 4 N–H and O–H groups in total. The van der Waals surface area contributed by atoms with E-state index in [-0.39, 0.29) is 29.3 Å². The number of alkyl halides is 3. The summed E-state index contributed by atoms with van der Waals surface area (Å²) < 4.78 is 38.8. The molecule has 0 radical (unpaired) electrons. The summed E-state index contributed by atoms with van der Waals surface area (Å²) in [4.78, 5) is 35.8. The Morgan fingerprint density at radius 3 is 2.65 bits per heavy atom. The monoisotopic (exact) mass is 434 g/mol.